The van der Waals surface area contributed by atoms with E-state index in [0.717, 1.165) is 25.5 Å². The summed E-state index contributed by atoms with van der Waals surface area (Å²) in [5.41, 5.74) is 0. The molecule has 1 N–H and O–H groups in total. The third-order valence-corrected chi connectivity index (χ3v) is 4.79. The van der Waals surface area contributed by atoms with Crippen LogP contribution in [0.25, 0.3) is 0 Å². The van der Waals surface area contributed by atoms with E-state index in [9.17, 15) is 9.90 Å². The Morgan fingerprint density at radius 1 is 1.36 bits per heavy atom. The maximum atomic E-state index is 10.9. The molecule has 5 nitrogen and oxygen atoms in total. The molecule has 130 valence electrons. The lowest BCUT2D eigenvalue weighted by Gasteiger charge is -2.39. The van der Waals surface area contributed by atoms with Gasteiger partial charge >= 0.3 is 0 Å². The number of aliphatic hydroxyl groups excluding tert-OH is 1. The Kier molecular flexibility index (Phi) is 7.97. The molecule has 5 heteroatoms. The third kappa shape index (κ3) is 5.30. The topological polar surface area (TPSA) is 59.0 Å². The first kappa shape index (κ1) is 19.6. The van der Waals surface area contributed by atoms with Gasteiger partial charge in [0.15, 0.2) is 6.29 Å². The highest BCUT2D eigenvalue weighted by atomic mass is 16.7. The van der Waals surface area contributed by atoms with Gasteiger partial charge in [-0.3, -0.25) is 0 Å². The molecule has 0 aromatic heterocycles. The molecule has 0 aromatic carbocycles. The Labute approximate surface area is 135 Å². The van der Waals surface area contributed by atoms with Crippen LogP contribution in [-0.4, -0.2) is 61.0 Å². The fourth-order valence-electron chi connectivity index (χ4n) is 3.15. The number of hydrogen-bond acceptors (Lipinski definition) is 5. The predicted octanol–water partition coefficient (Wildman–Crippen LogP) is 2.07. The van der Waals surface area contributed by atoms with Crippen LogP contribution in [0.1, 0.15) is 47.0 Å². The Morgan fingerprint density at radius 2 is 2.00 bits per heavy atom. The summed E-state index contributed by atoms with van der Waals surface area (Å²) in [5.74, 6) is -0.489. The fraction of sp³-hybridized carbons (Fsp3) is 0.941. The van der Waals surface area contributed by atoms with E-state index in [2.05, 4.69) is 25.9 Å². The summed E-state index contributed by atoms with van der Waals surface area (Å²) < 4.78 is 12.1. The molecule has 22 heavy (non-hydrogen) atoms. The molecule has 1 rings (SSSR count). The quantitative estimate of drug-likeness (QED) is 0.695. The number of hydrogen-bond donors (Lipinski definition) is 1. The van der Waals surface area contributed by atoms with E-state index >= 15 is 0 Å². The van der Waals surface area contributed by atoms with Gasteiger partial charge in [-0.25, -0.2) is 0 Å². The molecular formula is C17H33NO4. The monoisotopic (exact) mass is 315 g/mol. The predicted molar refractivity (Wildman–Crippen MR) is 86.6 cm³/mol. The number of nitrogens with zero attached hydrogens (tertiary/aromatic N) is 1. The van der Waals surface area contributed by atoms with Gasteiger partial charge in [0.05, 0.1) is 18.3 Å². The van der Waals surface area contributed by atoms with E-state index in [1.165, 1.54) is 0 Å². The standard InChI is InChI=1S/C17H33NO4/c1-7-15(13(4)17(20)11(2)10-19)22-16-9-14(18(5)6)8-12(3)21-16/h10-17,20H,7-9H2,1-6H3/t11?,12?,13?,14?,15-,16?,17?/m0/s1. The summed E-state index contributed by atoms with van der Waals surface area (Å²) >= 11 is 0. The third-order valence-electron chi connectivity index (χ3n) is 4.79. The smallest absolute Gasteiger partial charge is 0.159 e. The van der Waals surface area contributed by atoms with Gasteiger partial charge in [-0.05, 0) is 33.9 Å². The van der Waals surface area contributed by atoms with Crippen LogP contribution >= 0.6 is 0 Å². The highest BCUT2D eigenvalue weighted by molar-refractivity contribution is 5.53. The van der Waals surface area contributed by atoms with E-state index in [1.54, 1.807) is 6.92 Å². The molecular weight excluding hydrogens is 282 g/mol. The molecule has 0 radical (unpaired) electrons. The van der Waals surface area contributed by atoms with Gasteiger partial charge in [0.25, 0.3) is 0 Å². The Bertz CT molecular complexity index is 337. The lowest BCUT2D eigenvalue weighted by atomic mass is 9.89. The normalized spacial score (nSPS) is 31.5. The van der Waals surface area contributed by atoms with Gasteiger partial charge in [-0.1, -0.05) is 20.8 Å². The van der Waals surface area contributed by atoms with Gasteiger partial charge in [0.1, 0.15) is 6.29 Å². The molecule has 7 atom stereocenters. The first-order chi connectivity index (χ1) is 10.3. The van der Waals surface area contributed by atoms with Crippen LogP contribution in [0.3, 0.4) is 0 Å². The molecule has 0 bridgehead atoms. The number of aldehydes is 1. The molecule has 0 aromatic rings. The van der Waals surface area contributed by atoms with Crippen molar-refractivity contribution in [2.24, 2.45) is 11.8 Å². The maximum absolute atomic E-state index is 10.9. The zero-order valence-corrected chi connectivity index (χ0v) is 14.9. The lowest BCUT2D eigenvalue weighted by molar-refractivity contribution is -0.234. The van der Waals surface area contributed by atoms with Crippen LogP contribution in [-0.2, 0) is 14.3 Å². The highest BCUT2D eigenvalue weighted by Gasteiger charge is 2.34. The summed E-state index contributed by atoms with van der Waals surface area (Å²) in [6, 6.07) is 0.445. The molecule has 0 saturated carbocycles. The van der Waals surface area contributed by atoms with Gasteiger partial charge in [0, 0.05) is 24.3 Å². The molecule has 0 spiro atoms. The van der Waals surface area contributed by atoms with Crippen molar-refractivity contribution in [2.75, 3.05) is 14.1 Å². The van der Waals surface area contributed by atoms with Crippen molar-refractivity contribution in [3.05, 3.63) is 0 Å². The van der Waals surface area contributed by atoms with Crippen LogP contribution in [0.4, 0.5) is 0 Å². The van der Waals surface area contributed by atoms with Crippen LogP contribution < -0.4 is 0 Å². The second-order valence-corrected chi connectivity index (χ2v) is 6.89. The van der Waals surface area contributed by atoms with Crippen molar-refractivity contribution in [3.8, 4) is 0 Å². The number of carbonyl (C=O) groups is 1. The zero-order valence-electron chi connectivity index (χ0n) is 14.9. The van der Waals surface area contributed by atoms with Crippen molar-refractivity contribution < 1.29 is 19.4 Å². The summed E-state index contributed by atoms with van der Waals surface area (Å²) in [7, 11) is 4.16. The van der Waals surface area contributed by atoms with Gasteiger partial charge in [0.2, 0.25) is 0 Å². The average molecular weight is 315 g/mol. The van der Waals surface area contributed by atoms with Crippen molar-refractivity contribution in [2.45, 2.75) is 77.6 Å². The minimum atomic E-state index is -0.687. The second kappa shape index (κ2) is 8.96. The molecule has 1 saturated heterocycles. The molecule has 1 heterocycles. The lowest BCUT2D eigenvalue weighted by Crippen LogP contribution is -2.45. The molecule has 1 fully saturated rings. The first-order valence-corrected chi connectivity index (χ1v) is 8.40. The summed E-state index contributed by atoms with van der Waals surface area (Å²) in [6.07, 6.45) is 2.53. The van der Waals surface area contributed by atoms with Crippen molar-refractivity contribution >= 4 is 6.29 Å². The zero-order chi connectivity index (χ0) is 16.9. The van der Waals surface area contributed by atoms with Gasteiger partial charge in [-0.2, -0.15) is 0 Å². The average Bonchev–Trinajstić information content (AvgIpc) is 2.49. The molecule has 1 aliphatic rings. The minimum Gasteiger partial charge on any atom is -0.392 e. The Hall–Kier alpha value is -0.490. The second-order valence-electron chi connectivity index (χ2n) is 6.89. The summed E-state index contributed by atoms with van der Waals surface area (Å²) in [6.45, 7) is 7.78. The molecule has 1 aliphatic heterocycles. The SMILES string of the molecule is CC[C@H](OC1CC(N(C)C)CC(C)O1)C(C)C(O)C(C)C=O. The number of aliphatic hydroxyl groups is 1. The molecule has 0 aliphatic carbocycles. The van der Waals surface area contributed by atoms with E-state index in [0.29, 0.717) is 6.04 Å². The number of ether oxygens (including phenoxy) is 2. The van der Waals surface area contributed by atoms with E-state index < -0.39 is 6.10 Å². The van der Waals surface area contributed by atoms with E-state index in [1.807, 2.05) is 13.8 Å². The van der Waals surface area contributed by atoms with Crippen LogP contribution in [0.2, 0.25) is 0 Å². The Morgan fingerprint density at radius 3 is 2.50 bits per heavy atom. The van der Waals surface area contributed by atoms with Crippen molar-refractivity contribution in [3.63, 3.8) is 0 Å². The van der Waals surface area contributed by atoms with Gasteiger partial charge in [-0.15, -0.1) is 0 Å². The van der Waals surface area contributed by atoms with Crippen LogP contribution in [0.5, 0.6) is 0 Å². The van der Waals surface area contributed by atoms with E-state index in [4.69, 9.17) is 9.47 Å². The molecule has 6 unspecified atom stereocenters. The number of rotatable bonds is 8. The van der Waals surface area contributed by atoms with Crippen LogP contribution in [0, 0.1) is 11.8 Å². The highest BCUT2D eigenvalue weighted by Crippen LogP contribution is 2.28. The van der Waals surface area contributed by atoms with Gasteiger partial charge < -0.3 is 24.3 Å². The number of carbonyl (C=O) groups excluding carboxylic acids is 1. The fourth-order valence-corrected chi connectivity index (χ4v) is 3.15. The molecule has 0 amide bonds. The largest absolute Gasteiger partial charge is 0.392 e. The Balaban J connectivity index is 2.66. The summed E-state index contributed by atoms with van der Waals surface area (Å²) in [5, 5.41) is 10.2. The minimum absolute atomic E-state index is 0.108. The maximum Gasteiger partial charge on any atom is 0.159 e. The van der Waals surface area contributed by atoms with Crippen LogP contribution in [0.15, 0.2) is 0 Å². The first-order valence-electron chi connectivity index (χ1n) is 8.40. The van der Waals surface area contributed by atoms with Crippen molar-refractivity contribution in [1.82, 2.24) is 4.90 Å². The summed E-state index contributed by atoms with van der Waals surface area (Å²) in [4.78, 5) is 13.1. The van der Waals surface area contributed by atoms with Crippen molar-refractivity contribution in [1.29, 1.82) is 0 Å². The van der Waals surface area contributed by atoms with E-state index in [-0.39, 0.29) is 30.3 Å².